The summed E-state index contributed by atoms with van der Waals surface area (Å²) in [6.45, 7) is 10.4. The molecule has 0 aliphatic heterocycles. The standard InChI is InChI=1S/C12H14N2.C2H6/c1-8(2)10-7-12-11(14-9(10)3)5-4-6-13-12;1-2/h4-8H,1-3H3;1-2H3. The fraction of sp³-hybridized carbons (Fsp3) is 0.429. The van der Waals surface area contributed by atoms with Crippen molar-refractivity contribution in [3.63, 3.8) is 0 Å². The molecule has 86 valence electrons. The van der Waals surface area contributed by atoms with Crippen molar-refractivity contribution >= 4 is 11.0 Å². The summed E-state index contributed by atoms with van der Waals surface area (Å²) in [6.07, 6.45) is 1.81. The molecule has 0 N–H and O–H groups in total. The van der Waals surface area contributed by atoms with Crippen LogP contribution in [0.25, 0.3) is 11.0 Å². The molecule has 0 atom stereocenters. The number of aryl methyl sites for hydroxylation is 1. The first-order chi connectivity index (χ1) is 7.68. The molecule has 0 aliphatic carbocycles. The maximum atomic E-state index is 4.53. The Balaban J connectivity index is 0.000000606. The van der Waals surface area contributed by atoms with Crippen LogP contribution in [0.3, 0.4) is 0 Å². The minimum atomic E-state index is 0.508. The Kier molecular flexibility index (Phi) is 4.41. The Morgan fingerprint density at radius 3 is 2.44 bits per heavy atom. The van der Waals surface area contributed by atoms with Crippen LogP contribution < -0.4 is 0 Å². The van der Waals surface area contributed by atoms with Crippen LogP contribution in [0.4, 0.5) is 0 Å². The van der Waals surface area contributed by atoms with Gasteiger partial charge in [-0.2, -0.15) is 0 Å². The molecule has 0 bridgehead atoms. The molecular formula is C14H20N2. The molecule has 2 nitrogen and oxygen atoms in total. The SMILES string of the molecule is CC.Cc1nc2cccnc2cc1C(C)C. The zero-order chi connectivity index (χ0) is 12.1. The molecule has 2 aromatic heterocycles. The van der Waals surface area contributed by atoms with E-state index in [1.807, 2.05) is 32.2 Å². The summed E-state index contributed by atoms with van der Waals surface area (Å²) in [5, 5.41) is 0. The Bertz CT molecular complexity index is 461. The Morgan fingerprint density at radius 1 is 1.12 bits per heavy atom. The van der Waals surface area contributed by atoms with Gasteiger partial charge in [-0.05, 0) is 36.6 Å². The highest BCUT2D eigenvalue weighted by molar-refractivity contribution is 5.74. The number of hydrogen-bond acceptors (Lipinski definition) is 2. The van der Waals surface area contributed by atoms with E-state index in [4.69, 9.17) is 0 Å². The van der Waals surface area contributed by atoms with E-state index >= 15 is 0 Å². The Morgan fingerprint density at radius 2 is 1.81 bits per heavy atom. The van der Waals surface area contributed by atoms with Gasteiger partial charge in [0.1, 0.15) is 0 Å². The summed E-state index contributed by atoms with van der Waals surface area (Å²) in [4.78, 5) is 8.84. The lowest BCUT2D eigenvalue weighted by Crippen LogP contribution is -1.96. The summed E-state index contributed by atoms with van der Waals surface area (Å²) in [5.41, 5.74) is 4.37. The van der Waals surface area contributed by atoms with Gasteiger partial charge in [-0.15, -0.1) is 0 Å². The van der Waals surface area contributed by atoms with E-state index in [2.05, 4.69) is 36.8 Å². The fourth-order valence-electron chi connectivity index (χ4n) is 1.70. The third kappa shape index (κ3) is 2.57. The van der Waals surface area contributed by atoms with Crippen LogP contribution in [-0.2, 0) is 0 Å². The minimum absolute atomic E-state index is 0.508. The monoisotopic (exact) mass is 216 g/mol. The van der Waals surface area contributed by atoms with Crippen molar-refractivity contribution in [1.82, 2.24) is 9.97 Å². The van der Waals surface area contributed by atoms with Crippen molar-refractivity contribution in [3.8, 4) is 0 Å². The van der Waals surface area contributed by atoms with Crippen LogP contribution in [-0.4, -0.2) is 9.97 Å². The average Bonchev–Trinajstić information content (AvgIpc) is 2.30. The van der Waals surface area contributed by atoms with Gasteiger partial charge >= 0.3 is 0 Å². The first-order valence-electron chi connectivity index (χ1n) is 5.91. The second kappa shape index (κ2) is 5.59. The van der Waals surface area contributed by atoms with E-state index in [1.54, 1.807) is 0 Å². The Labute approximate surface area is 97.7 Å². The second-order valence-corrected chi connectivity index (χ2v) is 3.86. The van der Waals surface area contributed by atoms with E-state index in [1.165, 1.54) is 5.56 Å². The van der Waals surface area contributed by atoms with Gasteiger partial charge in [-0.3, -0.25) is 9.97 Å². The number of hydrogen-bond donors (Lipinski definition) is 0. The first-order valence-corrected chi connectivity index (χ1v) is 5.91. The topological polar surface area (TPSA) is 25.8 Å². The summed E-state index contributed by atoms with van der Waals surface area (Å²) in [6, 6.07) is 6.06. The van der Waals surface area contributed by atoms with E-state index in [0.717, 1.165) is 16.7 Å². The molecule has 2 aromatic rings. The molecule has 0 radical (unpaired) electrons. The van der Waals surface area contributed by atoms with Gasteiger partial charge in [0.15, 0.2) is 0 Å². The quantitative estimate of drug-likeness (QED) is 0.717. The molecular weight excluding hydrogens is 196 g/mol. The van der Waals surface area contributed by atoms with Gasteiger partial charge in [0, 0.05) is 11.9 Å². The van der Waals surface area contributed by atoms with Crippen LogP contribution in [0.1, 0.15) is 44.9 Å². The van der Waals surface area contributed by atoms with E-state index in [0.29, 0.717) is 5.92 Å². The molecule has 0 aromatic carbocycles. The molecule has 0 unspecified atom stereocenters. The molecule has 2 heterocycles. The van der Waals surface area contributed by atoms with Gasteiger partial charge in [0.05, 0.1) is 11.0 Å². The van der Waals surface area contributed by atoms with Crippen molar-refractivity contribution in [2.45, 2.75) is 40.5 Å². The number of aromatic nitrogens is 2. The second-order valence-electron chi connectivity index (χ2n) is 3.86. The molecule has 0 aliphatic rings. The lowest BCUT2D eigenvalue weighted by Gasteiger charge is -2.09. The van der Waals surface area contributed by atoms with Crippen molar-refractivity contribution in [2.24, 2.45) is 0 Å². The maximum Gasteiger partial charge on any atom is 0.0890 e. The van der Waals surface area contributed by atoms with E-state index < -0.39 is 0 Å². The molecule has 0 saturated heterocycles. The third-order valence-corrected chi connectivity index (χ3v) is 2.44. The highest BCUT2D eigenvalue weighted by atomic mass is 14.8. The first kappa shape index (κ1) is 12.6. The lowest BCUT2D eigenvalue weighted by atomic mass is 10.0. The number of rotatable bonds is 1. The van der Waals surface area contributed by atoms with Crippen LogP contribution in [0, 0.1) is 6.92 Å². The van der Waals surface area contributed by atoms with Gasteiger partial charge in [-0.1, -0.05) is 27.7 Å². The summed E-state index contributed by atoms with van der Waals surface area (Å²) >= 11 is 0. The van der Waals surface area contributed by atoms with Crippen molar-refractivity contribution in [1.29, 1.82) is 0 Å². The number of nitrogens with zero attached hydrogens (tertiary/aromatic N) is 2. The van der Waals surface area contributed by atoms with Gasteiger partial charge in [0.25, 0.3) is 0 Å². The van der Waals surface area contributed by atoms with Gasteiger partial charge in [-0.25, -0.2) is 0 Å². The maximum absolute atomic E-state index is 4.53. The number of pyridine rings is 2. The van der Waals surface area contributed by atoms with E-state index in [-0.39, 0.29) is 0 Å². The molecule has 0 spiro atoms. The van der Waals surface area contributed by atoms with Crippen molar-refractivity contribution in [2.75, 3.05) is 0 Å². The summed E-state index contributed by atoms with van der Waals surface area (Å²) < 4.78 is 0. The predicted molar refractivity (Wildman–Crippen MR) is 69.7 cm³/mol. The third-order valence-electron chi connectivity index (χ3n) is 2.44. The zero-order valence-corrected chi connectivity index (χ0v) is 10.8. The van der Waals surface area contributed by atoms with Gasteiger partial charge in [0.2, 0.25) is 0 Å². The van der Waals surface area contributed by atoms with Crippen LogP contribution in [0.15, 0.2) is 24.4 Å². The summed E-state index contributed by atoms with van der Waals surface area (Å²) in [7, 11) is 0. The molecule has 16 heavy (non-hydrogen) atoms. The zero-order valence-electron chi connectivity index (χ0n) is 10.8. The lowest BCUT2D eigenvalue weighted by molar-refractivity contribution is 0.847. The highest BCUT2D eigenvalue weighted by Gasteiger charge is 2.06. The highest BCUT2D eigenvalue weighted by Crippen LogP contribution is 2.21. The van der Waals surface area contributed by atoms with E-state index in [9.17, 15) is 0 Å². The van der Waals surface area contributed by atoms with Crippen molar-refractivity contribution < 1.29 is 0 Å². The fourth-order valence-corrected chi connectivity index (χ4v) is 1.70. The van der Waals surface area contributed by atoms with Gasteiger partial charge < -0.3 is 0 Å². The minimum Gasteiger partial charge on any atom is -0.255 e. The largest absolute Gasteiger partial charge is 0.255 e. The summed E-state index contributed by atoms with van der Waals surface area (Å²) in [5.74, 6) is 0.508. The predicted octanol–water partition coefficient (Wildman–Crippen LogP) is 4.09. The smallest absolute Gasteiger partial charge is 0.0890 e. The number of fused-ring (bicyclic) bond motifs is 1. The molecule has 2 rings (SSSR count). The van der Waals surface area contributed by atoms with Crippen molar-refractivity contribution in [3.05, 3.63) is 35.7 Å². The molecule has 0 amide bonds. The Hall–Kier alpha value is -1.44. The van der Waals surface area contributed by atoms with Crippen LogP contribution in [0.5, 0.6) is 0 Å². The molecule has 0 fully saturated rings. The molecule has 2 heteroatoms. The molecule has 0 saturated carbocycles. The van der Waals surface area contributed by atoms with Crippen LogP contribution in [0.2, 0.25) is 0 Å². The normalized spacial score (nSPS) is 10.1. The average molecular weight is 216 g/mol. The van der Waals surface area contributed by atoms with Crippen LogP contribution >= 0.6 is 0 Å².